The number of rotatable bonds is 36. The first-order chi connectivity index (χ1) is 46.1. The first kappa shape index (κ1) is 75.6. The summed E-state index contributed by atoms with van der Waals surface area (Å²) >= 11 is 4.23. The largest absolute Gasteiger partial charge is 0.481 e. The summed E-state index contributed by atoms with van der Waals surface area (Å²) < 4.78 is 0. The van der Waals surface area contributed by atoms with E-state index in [2.05, 4.69) is 75.4 Å². The summed E-state index contributed by atoms with van der Waals surface area (Å²) in [6, 6.07) is -0.874. The number of carbonyl (C=O) groups is 14. The Bertz CT molecular complexity index is 3600. The molecule has 0 bridgehead atoms. The number of aromatic amines is 2. The summed E-state index contributed by atoms with van der Waals surface area (Å²) in [4.78, 5) is 199. The average molecular weight is 1380 g/mol. The number of aliphatic hydroxyl groups is 2. The van der Waals surface area contributed by atoms with E-state index < -0.39 is 188 Å². The third kappa shape index (κ3) is 21.6. The van der Waals surface area contributed by atoms with E-state index in [0.29, 0.717) is 12.0 Å². The molecule has 2 aliphatic rings. The average Bonchev–Trinajstić information content (AvgIpc) is 1.75. The second kappa shape index (κ2) is 35.9. The number of amides is 12. The topological polar surface area (TPSA) is 583 Å². The number of aliphatic carboxylic acids is 2. The van der Waals surface area contributed by atoms with Gasteiger partial charge in [-0.15, -0.1) is 0 Å². The van der Waals surface area contributed by atoms with Gasteiger partial charge in [0.15, 0.2) is 5.96 Å². The van der Waals surface area contributed by atoms with Crippen LogP contribution in [0.25, 0.3) is 21.8 Å². The molecule has 23 N–H and O–H groups in total. The third-order valence-corrected chi connectivity index (χ3v) is 16.4. The van der Waals surface area contributed by atoms with Crippen molar-refractivity contribution in [2.75, 3.05) is 45.1 Å². The lowest BCUT2D eigenvalue weighted by Gasteiger charge is -2.31. The van der Waals surface area contributed by atoms with E-state index in [1.54, 1.807) is 36.7 Å². The van der Waals surface area contributed by atoms with Crippen molar-refractivity contribution in [3.05, 3.63) is 72.1 Å². The van der Waals surface area contributed by atoms with Crippen LogP contribution in [-0.2, 0) is 80.0 Å². The summed E-state index contributed by atoms with van der Waals surface area (Å²) in [5, 5.41) is 62.6. The Morgan fingerprint density at radius 3 is 1.67 bits per heavy atom. The van der Waals surface area contributed by atoms with Crippen LogP contribution in [0.5, 0.6) is 0 Å². The van der Waals surface area contributed by atoms with E-state index in [4.69, 9.17) is 22.9 Å². The van der Waals surface area contributed by atoms with Gasteiger partial charge in [0.2, 0.25) is 70.9 Å². The quantitative estimate of drug-likeness (QED) is 0.00871. The predicted molar refractivity (Wildman–Crippen MR) is 347 cm³/mol. The molecule has 2 saturated heterocycles. The number of guanidine groups is 1. The molecule has 526 valence electrons. The van der Waals surface area contributed by atoms with Gasteiger partial charge in [0.1, 0.15) is 54.4 Å². The van der Waals surface area contributed by atoms with Crippen LogP contribution in [0.1, 0.15) is 69.4 Å². The number of nitrogens with zero attached hydrogens (tertiary/aromatic N) is 3. The van der Waals surface area contributed by atoms with E-state index in [9.17, 15) is 87.5 Å². The van der Waals surface area contributed by atoms with Gasteiger partial charge in [0, 0.05) is 66.0 Å². The number of carboxylic acid groups (broad SMARTS) is 2. The van der Waals surface area contributed by atoms with Crippen LogP contribution >= 0.6 is 12.6 Å². The highest BCUT2D eigenvalue weighted by Gasteiger charge is 2.42. The molecule has 0 saturated carbocycles. The molecule has 36 nitrogen and oxygen atoms in total. The first-order valence-corrected chi connectivity index (χ1v) is 31.5. The number of thiol groups is 1. The molecular formula is C60H82N18O18S. The predicted octanol–water partition coefficient (Wildman–Crippen LogP) is -6.84. The number of primary amides is 1. The van der Waals surface area contributed by atoms with E-state index in [0.717, 1.165) is 44.1 Å². The van der Waals surface area contributed by atoms with E-state index in [1.807, 2.05) is 24.3 Å². The fraction of sp³-hybridized carbons (Fsp3) is 0.483. The second-order valence-electron chi connectivity index (χ2n) is 23.2. The van der Waals surface area contributed by atoms with Crippen molar-refractivity contribution in [3.8, 4) is 0 Å². The number of aromatic nitrogens is 2. The van der Waals surface area contributed by atoms with E-state index >= 15 is 0 Å². The fourth-order valence-corrected chi connectivity index (χ4v) is 11.3. The molecule has 2 aromatic heterocycles. The molecular weight excluding hydrogens is 1290 g/mol. The number of carbonyl (C=O) groups excluding carboxylic acids is 12. The molecule has 0 unspecified atom stereocenters. The molecule has 6 rings (SSSR count). The summed E-state index contributed by atoms with van der Waals surface area (Å²) in [6.07, 6.45) is 0.174. The molecule has 2 aromatic carbocycles. The summed E-state index contributed by atoms with van der Waals surface area (Å²) in [7, 11) is 0. The number of nitrogens with two attached hydrogens (primary N) is 4. The summed E-state index contributed by atoms with van der Waals surface area (Å²) in [6.45, 7) is -1.57. The Balaban J connectivity index is 1.07. The second-order valence-corrected chi connectivity index (χ2v) is 23.5. The van der Waals surface area contributed by atoms with E-state index in [-0.39, 0.29) is 70.5 Å². The van der Waals surface area contributed by atoms with Gasteiger partial charge < -0.3 is 111 Å². The Labute approximate surface area is 559 Å². The minimum Gasteiger partial charge on any atom is -0.481 e. The molecule has 0 radical (unpaired) electrons. The van der Waals surface area contributed by atoms with Gasteiger partial charge in [-0.1, -0.05) is 36.4 Å². The van der Waals surface area contributed by atoms with Crippen LogP contribution in [0, 0.1) is 0 Å². The van der Waals surface area contributed by atoms with Crippen molar-refractivity contribution in [2.24, 2.45) is 27.9 Å². The zero-order valence-corrected chi connectivity index (χ0v) is 53.6. The van der Waals surface area contributed by atoms with Crippen molar-refractivity contribution in [1.29, 1.82) is 0 Å². The minimum absolute atomic E-state index is 0.00359. The molecule has 4 aromatic rings. The van der Waals surface area contributed by atoms with Gasteiger partial charge in [-0.3, -0.25) is 67.3 Å². The number of fused-ring (bicyclic) bond motifs is 2. The van der Waals surface area contributed by atoms with Crippen molar-refractivity contribution in [3.63, 3.8) is 0 Å². The highest BCUT2D eigenvalue weighted by molar-refractivity contribution is 7.80. The summed E-state index contributed by atoms with van der Waals surface area (Å²) in [5.74, 6) is -16.0. The SMILES string of the molecule is C[C@@H](O)[C@H](NC(=O)[C@H](CCCN=C(N)N)NC(=O)CNC(=O)[C@H](CC(=O)O)NC(=O)[C@H](CC(N)=O)NC(=O)[C@H](CS)NC(=O)[C@H](Cc1c[nH]c2ccccc12)NC(=O)[C@@H](N)Cc1c[nH]c2ccccc12)C(=O)N1CCC[C@H]1C(=O)NCC(=O)N[C@@H](CO)C(=O)N1CCC[C@H]1C(=O)O. The number of carboxylic acids is 2. The standard InChI is InChI=1S/C60H82N18O18S/c1-29(80)49(58(94)77-17-7-14-43(77)56(92)69-26-47(83)71-41(27-79)57(93)78-18-8-15-44(78)59(95)96)76-52(88)37(13-6-16-65-60(63)64)70-46(82)25-68-51(87)40(22-48(84)85)74-54(90)39(21-45(62)81)73-55(91)42(28-97)75-53(89)38(20-31-24-67-36-12-5-3-10-33(31)36)72-50(86)34(61)19-30-23-66-35-11-4-2-9-32(30)35/h2-5,9-12,23-24,29,34,37-44,49,66-67,79-80,97H,6-8,13-22,25-28,61H2,1H3,(H2,62,81)(H,68,87)(H,69,92)(H,70,82)(H,71,83)(H,72,86)(H,73,91)(H,74,90)(H,75,89)(H,76,88)(H,84,85)(H,95,96)(H4,63,64,65)/t29-,34+,37+,38+,39+,40+,41+,42+,43+,44+,49+/m1/s1. The minimum atomic E-state index is -2.03. The Morgan fingerprint density at radius 2 is 1.11 bits per heavy atom. The van der Waals surface area contributed by atoms with E-state index in [1.165, 1.54) is 0 Å². The van der Waals surface area contributed by atoms with Gasteiger partial charge in [-0.2, -0.15) is 12.6 Å². The van der Waals surface area contributed by atoms with Crippen LogP contribution in [0.3, 0.4) is 0 Å². The maximum Gasteiger partial charge on any atom is 0.326 e. The number of H-pyrrole nitrogens is 2. The number of nitrogens with one attached hydrogen (secondary N) is 11. The lowest BCUT2D eigenvalue weighted by Crippen LogP contribution is -2.60. The van der Waals surface area contributed by atoms with Gasteiger partial charge in [0.25, 0.3) is 0 Å². The van der Waals surface area contributed by atoms with Crippen molar-refractivity contribution >= 4 is 123 Å². The number of aliphatic imine (C=N–C) groups is 1. The Hall–Kier alpha value is -10.4. The van der Waals surface area contributed by atoms with Crippen molar-refractivity contribution < 1.29 is 87.5 Å². The van der Waals surface area contributed by atoms with Crippen LogP contribution in [0.2, 0.25) is 0 Å². The zero-order valence-electron chi connectivity index (χ0n) is 52.7. The Kier molecular flexibility index (Phi) is 28.0. The molecule has 4 heterocycles. The van der Waals surface area contributed by atoms with Gasteiger partial charge >= 0.3 is 11.9 Å². The van der Waals surface area contributed by atoms with Crippen LogP contribution < -0.4 is 70.8 Å². The maximum absolute atomic E-state index is 14.2. The van der Waals surface area contributed by atoms with Crippen LogP contribution in [0.4, 0.5) is 0 Å². The molecule has 12 amide bonds. The molecule has 2 aliphatic heterocycles. The lowest BCUT2D eigenvalue weighted by molar-refractivity contribution is -0.149. The number of likely N-dealkylation sites (tertiary alicyclic amines) is 2. The zero-order chi connectivity index (χ0) is 71.2. The lowest BCUT2D eigenvalue weighted by atomic mass is 10.0. The first-order valence-electron chi connectivity index (χ1n) is 30.9. The molecule has 0 aliphatic carbocycles. The highest BCUT2D eigenvalue weighted by Crippen LogP contribution is 2.23. The monoisotopic (exact) mass is 1370 g/mol. The number of aliphatic hydroxyl groups excluding tert-OH is 2. The van der Waals surface area contributed by atoms with Crippen molar-refractivity contribution in [2.45, 2.75) is 138 Å². The molecule has 0 spiro atoms. The molecule has 97 heavy (non-hydrogen) atoms. The maximum atomic E-state index is 14.2. The molecule has 11 atom stereocenters. The summed E-state index contributed by atoms with van der Waals surface area (Å²) in [5.41, 5.74) is 25.6. The number of benzene rings is 2. The smallest absolute Gasteiger partial charge is 0.326 e. The van der Waals surface area contributed by atoms with Gasteiger partial charge in [-0.25, -0.2) is 4.79 Å². The Morgan fingerprint density at radius 1 is 0.608 bits per heavy atom. The van der Waals surface area contributed by atoms with Gasteiger partial charge in [-0.05, 0) is 75.1 Å². The highest BCUT2D eigenvalue weighted by atomic mass is 32.1. The third-order valence-electron chi connectivity index (χ3n) is 16.0. The molecule has 2 fully saturated rings. The van der Waals surface area contributed by atoms with Crippen LogP contribution in [0.15, 0.2) is 65.9 Å². The number of para-hydroxylation sites is 2. The van der Waals surface area contributed by atoms with Crippen molar-refractivity contribution in [1.82, 2.24) is 67.6 Å². The van der Waals surface area contributed by atoms with Crippen LogP contribution in [-0.4, -0.2) is 241 Å². The number of hydrogen-bond acceptors (Lipinski definition) is 19. The van der Waals surface area contributed by atoms with Gasteiger partial charge in [0.05, 0.1) is 44.7 Å². The number of hydrogen-bond donors (Lipinski definition) is 20. The normalized spacial score (nSPS) is 17.1. The molecule has 37 heteroatoms. The fourth-order valence-electron chi connectivity index (χ4n) is 11.1.